The first-order chi connectivity index (χ1) is 12.3. The van der Waals surface area contributed by atoms with Crippen LogP contribution in [-0.2, 0) is 0 Å². The zero-order valence-corrected chi connectivity index (χ0v) is 13.6. The smallest absolute Gasteiger partial charge is 0.142 e. The van der Waals surface area contributed by atoms with Crippen LogP contribution in [0.5, 0.6) is 5.75 Å². The highest BCUT2D eigenvalue weighted by molar-refractivity contribution is 5.65. The minimum absolute atomic E-state index is 0.679. The molecule has 3 aromatic carbocycles. The van der Waals surface area contributed by atoms with Crippen LogP contribution >= 0.6 is 0 Å². The van der Waals surface area contributed by atoms with Crippen molar-refractivity contribution < 1.29 is 4.74 Å². The van der Waals surface area contributed by atoms with E-state index in [-0.39, 0.29) is 0 Å². The van der Waals surface area contributed by atoms with Crippen molar-refractivity contribution in [1.82, 2.24) is 0 Å². The molecule has 0 unspecified atom stereocenters. The maximum absolute atomic E-state index is 6.04. The van der Waals surface area contributed by atoms with Crippen LogP contribution in [0.4, 0.5) is 0 Å². The molecule has 0 amide bonds. The lowest BCUT2D eigenvalue weighted by Gasteiger charge is -2.09. The zero-order chi connectivity index (χ0) is 17.3. The van der Waals surface area contributed by atoms with E-state index in [1.54, 1.807) is 6.08 Å². The number of benzene rings is 3. The van der Waals surface area contributed by atoms with Gasteiger partial charge in [0, 0.05) is 22.8 Å². The molecule has 0 spiro atoms. The van der Waals surface area contributed by atoms with Gasteiger partial charge in [0.05, 0.1) is 0 Å². The van der Waals surface area contributed by atoms with Crippen molar-refractivity contribution >= 4 is 5.76 Å². The number of terminal acetylenes is 1. The molecule has 0 atom stereocenters. The van der Waals surface area contributed by atoms with E-state index in [4.69, 9.17) is 11.2 Å². The molecule has 25 heavy (non-hydrogen) atoms. The Bertz CT molecular complexity index is 965. The summed E-state index contributed by atoms with van der Waals surface area (Å²) in [6.45, 7) is 0. The van der Waals surface area contributed by atoms with Gasteiger partial charge >= 0.3 is 0 Å². The standard InChI is InChI=1S/C24H16O/c1-2-20-13-9-17-23(19-20)25-24(22-15-7-4-8-16-22)18-10-14-21-11-5-3-6-12-21/h1,3-9,11-13,15-19H. The molecule has 0 aliphatic heterocycles. The summed E-state index contributed by atoms with van der Waals surface area (Å²) >= 11 is 0. The monoisotopic (exact) mass is 320 g/mol. The third kappa shape index (κ3) is 4.64. The molecule has 0 saturated carbocycles. The Balaban J connectivity index is 1.92. The highest BCUT2D eigenvalue weighted by Gasteiger charge is 2.04. The summed E-state index contributed by atoms with van der Waals surface area (Å²) in [4.78, 5) is 0. The first-order valence-corrected chi connectivity index (χ1v) is 7.92. The van der Waals surface area contributed by atoms with E-state index in [0.717, 1.165) is 16.7 Å². The van der Waals surface area contributed by atoms with Crippen LogP contribution in [-0.4, -0.2) is 0 Å². The van der Waals surface area contributed by atoms with E-state index in [0.29, 0.717) is 11.5 Å². The second kappa shape index (κ2) is 8.25. The summed E-state index contributed by atoms with van der Waals surface area (Å²) in [6, 6.07) is 27.2. The Morgan fingerprint density at radius 2 is 1.48 bits per heavy atom. The minimum Gasteiger partial charge on any atom is -0.456 e. The highest BCUT2D eigenvalue weighted by atomic mass is 16.5. The van der Waals surface area contributed by atoms with E-state index in [1.807, 2.05) is 84.9 Å². The summed E-state index contributed by atoms with van der Waals surface area (Å²) in [6.07, 6.45) is 7.25. The lowest BCUT2D eigenvalue weighted by atomic mass is 10.1. The normalized spacial score (nSPS) is 10.3. The maximum Gasteiger partial charge on any atom is 0.142 e. The fourth-order valence-corrected chi connectivity index (χ4v) is 2.26. The molecule has 0 aromatic heterocycles. The summed E-state index contributed by atoms with van der Waals surface area (Å²) < 4.78 is 6.04. The fraction of sp³-hybridized carbons (Fsp3) is 0. The third-order valence-electron chi connectivity index (χ3n) is 3.48. The van der Waals surface area contributed by atoms with Crippen molar-refractivity contribution in [2.24, 2.45) is 0 Å². The molecule has 3 rings (SSSR count). The van der Waals surface area contributed by atoms with Gasteiger partial charge < -0.3 is 4.74 Å². The van der Waals surface area contributed by atoms with Crippen molar-refractivity contribution in [2.75, 3.05) is 0 Å². The number of ether oxygens (including phenoxy) is 1. The van der Waals surface area contributed by atoms with Crippen molar-refractivity contribution in [3.05, 3.63) is 108 Å². The van der Waals surface area contributed by atoms with Crippen molar-refractivity contribution in [1.29, 1.82) is 0 Å². The van der Waals surface area contributed by atoms with Gasteiger partial charge in [0.2, 0.25) is 0 Å². The van der Waals surface area contributed by atoms with Gasteiger partial charge in [0.15, 0.2) is 0 Å². The van der Waals surface area contributed by atoms with Gasteiger partial charge in [-0.1, -0.05) is 72.4 Å². The van der Waals surface area contributed by atoms with E-state index in [9.17, 15) is 0 Å². The quantitative estimate of drug-likeness (QED) is 0.479. The second-order valence-electron chi connectivity index (χ2n) is 5.28. The van der Waals surface area contributed by atoms with Gasteiger partial charge in [-0.3, -0.25) is 0 Å². The molecule has 0 saturated heterocycles. The lowest BCUT2D eigenvalue weighted by molar-refractivity contribution is 0.515. The molecule has 3 aromatic rings. The minimum atomic E-state index is 0.679. The lowest BCUT2D eigenvalue weighted by Crippen LogP contribution is -1.95. The fourth-order valence-electron chi connectivity index (χ4n) is 2.26. The van der Waals surface area contributed by atoms with Crippen LogP contribution in [0.15, 0.2) is 91.0 Å². The summed E-state index contributed by atoms with van der Waals surface area (Å²) in [5.41, 5.74) is 2.69. The SMILES string of the molecule is C#Cc1cccc(OC(=CC#Cc2ccccc2)c2ccccc2)c1. The van der Waals surface area contributed by atoms with Crippen LogP contribution in [0.1, 0.15) is 16.7 Å². The number of hydrogen-bond donors (Lipinski definition) is 0. The Hall–Kier alpha value is -3.68. The van der Waals surface area contributed by atoms with E-state index in [1.165, 1.54) is 0 Å². The third-order valence-corrected chi connectivity index (χ3v) is 3.48. The highest BCUT2D eigenvalue weighted by Crippen LogP contribution is 2.21. The predicted octanol–water partition coefficient (Wildman–Crippen LogP) is 5.14. The largest absolute Gasteiger partial charge is 0.456 e. The Morgan fingerprint density at radius 3 is 2.20 bits per heavy atom. The Kier molecular flexibility index (Phi) is 5.34. The topological polar surface area (TPSA) is 9.23 Å². The number of allylic oxidation sites excluding steroid dienone is 1. The molecule has 1 nitrogen and oxygen atoms in total. The Labute approximate surface area is 148 Å². The molecule has 0 aliphatic carbocycles. The molecule has 1 heteroatoms. The first-order valence-electron chi connectivity index (χ1n) is 7.92. The molecule has 0 N–H and O–H groups in total. The average molecular weight is 320 g/mol. The van der Waals surface area contributed by atoms with Gasteiger partial charge in [0.25, 0.3) is 0 Å². The van der Waals surface area contributed by atoms with Gasteiger partial charge in [0.1, 0.15) is 11.5 Å². The van der Waals surface area contributed by atoms with Crippen LogP contribution in [0.25, 0.3) is 5.76 Å². The zero-order valence-electron chi connectivity index (χ0n) is 13.6. The van der Waals surface area contributed by atoms with E-state index < -0.39 is 0 Å². The van der Waals surface area contributed by atoms with Crippen LogP contribution in [0.3, 0.4) is 0 Å². The maximum atomic E-state index is 6.04. The van der Waals surface area contributed by atoms with Crippen molar-refractivity contribution in [3.63, 3.8) is 0 Å². The van der Waals surface area contributed by atoms with Gasteiger partial charge in [-0.05, 0) is 30.3 Å². The first kappa shape index (κ1) is 16.2. The Morgan fingerprint density at radius 1 is 0.800 bits per heavy atom. The molecule has 0 aliphatic rings. The van der Waals surface area contributed by atoms with Gasteiger partial charge in [-0.2, -0.15) is 0 Å². The predicted molar refractivity (Wildman–Crippen MR) is 103 cm³/mol. The molecular weight excluding hydrogens is 304 g/mol. The molecule has 0 heterocycles. The number of rotatable bonds is 3. The van der Waals surface area contributed by atoms with Gasteiger partial charge in [-0.25, -0.2) is 0 Å². The van der Waals surface area contributed by atoms with E-state index >= 15 is 0 Å². The van der Waals surface area contributed by atoms with Crippen LogP contribution in [0, 0.1) is 24.2 Å². The van der Waals surface area contributed by atoms with E-state index in [2.05, 4.69) is 17.8 Å². The summed E-state index contributed by atoms with van der Waals surface area (Å²) in [7, 11) is 0. The average Bonchev–Trinajstić information content (AvgIpc) is 2.69. The number of hydrogen-bond acceptors (Lipinski definition) is 1. The van der Waals surface area contributed by atoms with Crippen LogP contribution < -0.4 is 4.74 Å². The molecule has 0 fully saturated rings. The van der Waals surface area contributed by atoms with Crippen molar-refractivity contribution in [2.45, 2.75) is 0 Å². The second-order valence-corrected chi connectivity index (χ2v) is 5.28. The van der Waals surface area contributed by atoms with Crippen molar-refractivity contribution in [3.8, 4) is 29.9 Å². The molecule has 0 radical (unpaired) electrons. The molecule has 118 valence electrons. The van der Waals surface area contributed by atoms with Gasteiger partial charge in [-0.15, -0.1) is 6.42 Å². The molecular formula is C24H16O. The molecule has 0 bridgehead atoms. The van der Waals surface area contributed by atoms with Crippen LogP contribution in [0.2, 0.25) is 0 Å². The summed E-state index contributed by atoms with van der Waals surface area (Å²) in [5, 5.41) is 0. The summed E-state index contributed by atoms with van der Waals surface area (Å²) in [5.74, 6) is 10.2.